The molecule has 0 fully saturated rings. The largest absolute Gasteiger partial charge is 0.395 e. The summed E-state index contributed by atoms with van der Waals surface area (Å²) in [4.78, 5) is 15.0. The highest BCUT2D eigenvalue weighted by Crippen LogP contribution is 2.08. The zero-order valence-electron chi connectivity index (χ0n) is 11.1. The van der Waals surface area contributed by atoms with Gasteiger partial charge in [0.1, 0.15) is 0 Å². The molecule has 1 aromatic rings. The number of thiophene rings is 1. The van der Waals surface area contributed by atoms with Gasteiger partial charge in [0.05, 0.1) is 13.2 Å². The Balaban J connectivity index is 2.23. The third-order valence-electron chi connectivity index (χ3n) is 2.74. The highest BCUT2D eigenvalue weighted by Gasteiger charge is 2.12. The summed E-state index contributed by atoms with van der Waals surface area (Å²) in [5.74, 6) is 0.0220. The molecule has 5 heteroatoms. The number of amides is 1. The molecule has 0 aliphatic heterocycles. The number of hydrogen-bond acceptors (Lipinski definition) is 4. The number of rotatable bonds is 8. The summed E-state index contributed by atoms with van der Waals surface area (Å²) >= 11 is 1.71. The van der Waals surface area contributed by atoms with Crippen LogP contribution in [0.4, 0.5) is 0 Å². The lowest BCUT2D eigenvalue weighted by Gasteiger charge is -2.24. The molecule has 0 atom stereocenters. The van der Waals surface area contributed by atoms with Crippen LogP contribution in [0, 0.1) is 0 Å². The summed E-state index contributed by atoms with van der Waals surface area (Å²) in [6, 6.07) is 4.35. The van der Waals surface area contributed by atoms with Gasteiger partial charge in [-0.15, -0.1) is 11.3 Å². The molecule has 0 unspecified atom stereocenters. The smallest absolute Gasteiger partial charge is 0.234 e. The Morgan fingerprint density at radius 3 is 2.89 bits per heavy atom. The number of nitrogens with zero attached hydrogens (tertiary/aromatic N) is 1. The first kappa shape index (κ1) is 15.1. The van der Waals surface area contributed by atoms with Gasteiger partial charge >= 0.3 is 0 Å². The second-order valence-corrected chi connectivity index (χ2v) is 5.50. The fraction of sp³-hybridized carbons (Fsp3) is 0.615. The SMILES string of the molecule is CC(C)N(CCO)CC(=O)NCCc1cccs1. The van der Waals surface area contributed by atoms with E-state index in [-0.39, 0.29) is 18.6 Å². The lowest BCUT2D eigenvalue weighted by atomic mass is 10.3. The van der Waals surface area contributed by atoms with E-state index in [0.29, 0.717) is 19.6 Å². The van der Waals surface area contributed by atoms with Crippen LogP contribution in [0.3, 0.4) is 0 Å². The molecular weight excluding hydrogens is 248 g/mol. The molecule has 0 aliphatic carbocycles. The Kier molecular flexibility index (Phi) is 6.93. The van der Waals surface area contributed by atoms with Crippen molar-refractivity contribution in [2.45, 2.75) is 26.3 Å². The fourth-order valence-electron chi connectivity index (χ4n) is 1.67. The molecule has 0 bridgehead atoms. The Bertz CT molecular complexity index is 339. The van der Waals surface area contributed by atoms with Crippen LogP contribution < -0.4 is 5.32 Å². The highest BCUT2D eigenvalue weighted by molar-refractivity contribution is 7.09. The minimum atomic E-state index is 0.0220. The molecule has 2 N–H and O–H groups in total. The molecule has 0 radical (unpaired) electrons. The summed E-state index contributed by atoms with van der Waals surface area (Å²) in [7, 11) is 0. The minimum Gasteiger partial charge on any atom is -0.395 e. The zero-order chi connectivity index (χ0) is 13.4. The number of hydrogen-bond donors (Lipinski definition) is 2. The topological polar surface area (TPSA) is 52.6 Å². The second kappa shape index (κ2) is 8.24. The van der Waals surface area contributed by atoms with Crippen molar-refractivity contribution in [2.24, 2.45) is 0 Å². The first-order valence-corrected chi connectivity index (χ1v) is 7.15. The average molecular weight is 270 g/mol. The van der Waals surface area contributed by atoms with Crippen molar-refractivity contribution >= 4 is 17.2 Å². The van der Waals surface area contributed by atoms with Crippen molar-refractivity contribution in [3.8, 4) is 0 Å². The zero-order valence-corrected chi connectivity index (χ0v) is 11.9. The van der Waals surface area contributed by atoms with Crippen LogP contribution in [0.15, 0.2) is 17.5 Å². The first-order chi connectivity index (χ1) is 8.63. The summed E-state index contributed by atoms with van der Waals surface area (Å²) in [5, 5.41) is 13.9. The van der Waals surface area contributed by atoms with E-state index in [2.05, 4.69) is 11.4 Å². The number of carbonyl (C=O) groups excluding carboxylic acids is 1. The van der Waals surface area contributed by atoms with E-state index in [9.17, 15) is 4.79 Å². The molecule has 18 heavy (non-hydrogen) atoms. The van der Waals surface area contributed by atoms with E-state index < -0.39 is 0 Å². The average Bonchev–Trinajstić information content (AvgIpc) is 2.81. The molecule has 0 saturated carbocycles. The Morgan fingerprint density at radius 2 is 2.33 bits per heavy atom. The molecule has 4 nitrogen and oxygen atoms in total. The molecular formula is C13H22N2O2S. The normalized spacial score (nSPS) is 11.2. The van der Waals surface area contributed by atoms with Crippen LogP contribution in [0.5, 0.6) is 0 Å². The van der Waals surface area contributed by atoms with E-state index in [0.717, 1.165) is 6.42 Å². The molecule has 102 valence electrons. The van der Waals surface area contributed by atoms with Crippen LogP contribution in [0.2, 0.25) is 0 Å². The lowest BCUT2D eigenvalue weighted by Crippen LogP contribution is -2.42. The van der Waals surface area contributed by atoms with Crippen molar-refractivity contribution in [1.82, 2.24) is 10.2 Å². The van der Waals surface area contributed by atoms with Crippen molar-refractivity contribution in [3.05, 3.63) is 22.4 Å². The molecule has 1 rings (SSSR count). The molecule has 0 saturated heterocycles. The molecule has 0 aromatic carbocycles. The van der Waals surface area contributed by atoms with E-state index in [1.54, 1.807) is 11.3 Å². The standard InChI is InChI=1S/C13H22N2O2S/c1-11(2)15(7-8-16)10-13(17)14-6-5-12-4-3-9-18-12/h3-4,9,11,16H,5-8,10H2,1-2H3,(H,14,17). The van der Waals surface area contributed by atoms with Crippen LogP contribution in [0.25, 0.3) is 0 Å². The first-order valence-electron chi connectivity index (χ1n) is 6.27. The summed E-state index contributed by atoms with van der Waals surface area (Å²) < 4.78 is 0. The van der Waals surface area contributed by atoms with Gasteiger partial charge in [0.15, 0.2) is 0 Å². The molecule has 0 aliphatic rings. The van der Waals surface area contributed by atoms with Gasteiger partial charge < -0.3 is 10.4 Å². The fourth-order valence-corrected chi connectivity index (χ4v) is 2.38. The van der Waals surface area contributed by atoms with Gasteiger partial charge in [-0.1, -0.05) is 6.07 Å². The van der Waals surface area contributed by atoms with Gasteiger partial charge in [-0.3, -0.25) is 9.69 Å². The van der Waals surface area contributed by atoms with Crippen molar-refractivity contribution in [1.29, 1.82) is 0 Å². The van der Waals surface area contributed by atoms with Gasteiger partial charge in [-0.05, 0) is 31.7 Å². The third kappa shape index (κ3) is 5.62. The van der Waals surface area contributed by atoms with Crippen molar-refractivity contribution < 1.29 is 9.90 Å². The molecule has 0 spiro atoms. The van der Waals surface area contributed by atoms with Crippen molar-refractivity contribution in [3.63, 3.8) is 0 Å². The maximum atomic E-state index is 11.7. The predicted molar refractivity (Wildman–Crippen MR) is 74.8 cm³/mol. The lowest BCUT2D eigenvalue weighted by molar-refractivity contribution is -0.122. The number of aliphatic hydroxyl groups is 1. The van der Waals surface area contributed by atoms with Crippen LogP contribution in [-0.2, 0) is 11.2 Å². The molecule has 1 heterocycles. The quantitative estimate of drug-likeness (QED) is 0.744. The van der Waals surface area contributed by atoms with Gasteiger partial charge in [0.2, 0.25) is 5.91 Å². The van der Waals surface area contributed by atoms with E-state index in [1.165, 1.54) is 4.88 Å². The monoisotopic (exact) mass is 270 g/mol. The Morgan fingerprint density at radius 1 is 1.56 bits per heavy atom. The van der Waals surface area contributed by atoms with Crippen LogP contribution in [-0.4, -0.2) is 48.2 Å². The predicted octanol–water partition coefficient (Wildman–Crippen LogP) is 1.11. The highest BCUT2D eigenvalue weighted by atomic mass is 32.1. The summed E-state index contributed by atoms with van der Waals surface area (Å²) in [6.07, 6.45) is 0.880. The summed E-state index contributed by atoms with van der Waals surface area (Å²) in [6.45, 7) is 5.69. The van der Waals surface area contributed by atoms with Crippen LogP contribution in [0.1, 0.15) is 18.7 Å². The Hall–Kier alpha value is -0.910. The van der Waals surface area contributed by atoms with Gasteiger partial charge in [0.25, 0.3) is 0 Å². The van der Waals surface area contributed by atoms with Gasteiger partial charge in [-0.2, -0.15) is 0 Å². The number of aliphatic hydroxyl groups excluding tert-OH is 1. The molecule has 1 aromatic heterocycles. The van der Waals surface area contributed by atoms with E-state index in [1.807, 2.05) is 30.2 Å². The maximum Gasteiger partial charge on any atom is 0.234 e. The van der Waals surface area contributed by atoms with Gasteiger partial charge in [-0.25, -0.2) is 0 Å². The maximum absolute atomic E-state index is 11.7. The molecule has 1 amide bonds. The number of carbonyl (C=O) groups is 1. The number of nitrogens with one attached hydrogen (secondary N) is 1. The van der Waals surface area contributed by atoms with E-state index in [4.69, 9.17) is 5.11 Å². The Labute approximate surface area is 113 Å². The second-order valence-electron chi connectivity index (χ2n) is 4.47. The van der Waals surface area contributed by atoms with E-state index >= 15 is 0 Å². The minimum absolute atomic E-state index is 0.0220. The third-order valence-corrected chi connectivity index (χ3v) is 3.67. The van der Waals surface area contributed by atoms with Crippen molar-refractivity contribution in [2.75, 3.05) is 26.2 Å². The summed E-state index contributed by atoms with van der Waals surface area (Å²) in [5.41, 5.74) is 0. The van der Waals surface area contributed by atoms with Crippen LogP contribution >= 0.6 is 11.3 Å². The van der Waals surface area contributed by atoms with Gasteiger partial charge in [0, 0.05) is 24.0 Å².